The lowest BCUT2D eigenvalue weighted by Crippen LogP contribution is -2.46. The number of hydrogen-bond acceptors (Lipinski definition) is 4. The minimum absolute atomic E-state index is 0.115. The van der Waals surface area contributed by atoms with Gasteiger partial charge < -0.3 is 10.1 Å². The van der Waals surface area contributed by atoms with Gasteiger partial charge in [-0.3, -0.25) is 10.1 Å². The summed E-state index contributed by atoms with van der Waals surface area (Å²) < 4.78 is 4.97. The molecule has 3 amide bonds. The van der Waals surface area contributed by atoms with Crippen LogP contribution in [0.3, 0.4) is 0 Å². The van der Waals surface area contributed by atoms with Crippen molar-refractivity contribution in [3.05, 3.63) is 34.9 Å². The van der Waals surface area contributed by atoms with Crippen LogP contribution in [0.25, 0.3) is 0 Å². The van der Waals surface area contributed by atoms with E-state index in [-0.39, 0.29) is 6.04 Å². The monoisotopic (exact) mass is 332 g/mol. The molecule has 1 aliphatic carbocycles. The Bertz CT molecular complexity index is 621. The number of carbonyl (C=O) groups is 3. The lowest BCUT2D eigenvalue weighted by Gasteiger charge is -2.22. The smallest absolute Gasteiger partial charge is 0.338 e. The van der Waals surface area contributed by atoms with E-state index in [0.717, 1.165) is 36.8 Å². The molecule has 0 bridgehead atoms. The summed E-state index contributed by atoms with van der Waals surface area (Å²) >= 11 is 0. The molecule has 2 rings (SSSR count). The highest BCUT2D eigenvalue weighted by molar-refractivity contribution is 5.97. The van der Waals surface area contributed by atoms with Crippen LogP contribution in [0.2, 0.25) is 0 Å². The van der Waals surface area contributed by atoms with Crippen molar-refractivity contribution in [2.24, 2.45) is 0 Å². The molecule has 0 unspecified atom stereocenters. The Morgan fingerprint density at radius 1 is 1.12 bits per heavy atom. The molecule has 1 aliphatic rings. The van der Waals surface area contributed by atoms with Crippen LogP contribution in [0.1, 0.15) is 53.6 Å². The second kappa shape index (κ2) is 8.47. The number of benzene rings is 1. The molecule has 130 valence electrons. The molecule has 6 heteroatoms. The number of ether oxygens (including phenoxy) is 1. The molecule has 1 aromatic carbocycles. The first-order chi connectivity index (χ1) is 11.5. The molecule has 0 saturated heterocycles. The van der Waals surface area contributed by atoms with Gasteiger partial charge in [0, 0.05) is 6.04 Å². The average Bonchev–Trinajstić information content (AvgIpc) is 2.53. The van der Waals surface area contributed by atoms with Gasteiger partial charge in [-0.15, -0.1) is 0 Å². The highest BCUT2D eigenvalue weighted by atomic mass is 16.5. The zero-order valence-corrected chi connectivity index (χ0v) is 14.2. The summed E-state index contributed by atoms with van der Waals surface area (Å²) in [6.07, 6.45) is 5.23. The normalized spacial score (nSPS) is 14.8. The summed E-state index contributed by atoms with van der Waals surface area (Å²) in [5, 5.41) is 4.96. The third kappa shape index (κ3) is 5.37. The van der Waals surface area contributed by atoms with E-state index in [1.807, 2.05) is 13.0 Å². The maximum Gasteiger partial charge on any atom is 0.338 e. The fourth-order valence-corrected chi connectivity index (χ4v) is 2.88. The van der Waals surface area contributed by atoms with Crippen molar-refractivity contribution in [1.82, 2.24) is 10.6 Å². The Balaban J connectivity index is 1.75. The van der Waals surface area contributed by atoms with E-state index in [9.17, 15) is 14.4 Å². The molecular formula is C18H24N2O4. The molecule has 24 heavy (non-hydrogen) atoms. The Kier molecular flexibility index (Phi) is 6.35. The molecule has 6 nitrogen and oxygen atoms in total. The van der Waals surface area contributed by atoms with Gasteiger partial charge in [-0.1, -0.05) is 37.0 Å². The number of hydrogen-bond donors (Lipinski definition) is 2. The van der Waals surface area contributed by atoms with Crippen molar-refractivity contribution in [1.29, 1.82) is 0 Å². The van der Waals surface area contributed by atoms with E-state index in [4.69, 9.17) is 4.74 Å². The predicted octanol–water partition coefficient (Wildman–Crippen LogP) is 2.62. The van der Waals surface area contributed by atoms with Gasteiger partial charge in [0.15, 0.2) is 6.61 Å². The number of aryl methyl sites for hydroxylation is 2. The van der Waals surface area contributed by atoms with E-state index < -0.39 is 24.5 Å². The summed E-state index contributed by atoms with van der Waals surface area (Å²) in [5.74, 6) is -1.21. The van der Waals surface area contributed by atoms with Gasteiger partial charge in [-0.2, -0.15) is 0 Å². The van der Waals surface area contributed by atoms with Crippen molar-refractivity contribution in [3.63, 3.8) is 0 Å². The van der Waals surface area contributed by atoms with Crippen LogP contribution in [0, 0.1) is 13.8 Å². The van der Waals surface area contributed by atoms with E-state index >= 15 is 0 Å². The second-order valence-corrected chi connectivity index (χ2v) is 6.25. The number of nitrogens with one attached hydrogen (secondary N) is 2. The SMILES string of the molecule is Cc1ccc(C(=O)OCC(=O)NC(=O)NC2CCCCC2)c(C)c1. The van der Waals surface area contributed by atoms with Gasteiger partial charge in [-0.25, -0.2) is 9.59 Å². The first kappa shape index (κ1) is 18.0. The van der Waals surface area contributed by atoms with Crippen LogP contribution in [0.15, 0.2) is 18.2 Å². The topological polar surface area (TPSA) is 84.5 Å². The Hall–Kier alpha value is -2.37. The van der Waals surface area contributed by atoms with Crippen molar-refractivity contribution in [2.75, 3.05) is 6.61 Å². The van der Waals surface area contributed by atoms with E-state index in [1.165, 1.54) is 6.42 Å². The highest BCUT2D eigenvalue weighted by Crippen LogP contribution is 2.17. The number of amides is 3. The summed E-state index contributed by atoms with van der Waals surface area (Å²) in [5.41, 5.74) is 2.25. The molecule has 0 atom stereocenters. The Morgan fingerprint density at radius 2 is 1.83 bits per heavy atom. The summed E-state index contributed by atoms with van der Waals surface area (Å²) in [4.78, 5) is 35.4. The van der Waals surface area contributed by atoms with Gasteiger partial charge in [0.1, 0.15) is 0 Å². The predicted molar refractivity (Wildman–Crippen MR) is 89.7 cm³/mol. The largest absolute Gasteiger partial charge is 0.452 e. The van der Waals surface area contributed by atoms with Gasteiger partial charge in [0.2, 0.25) is 0 Å². The van der Waals surface area contributed by atoms with Gasteiger partial charge in [-0.05, 0) is 38.3 Å². The number of carbonyl (C=O) groups excluding carboxylic acids is 3. The van der Waals surface area contributed by atoms with Gasteiger partial charge in [0.25, 0.3) is 5.91 Å². The van der Waals surface area contributed by atoms with Crippen molar-refractivity contribution < 1.29 is 19.1 Å². The number of rotatable bonds is 4. The number of urea groups is 1. The summed E-state index contributed by atoms with van der Waals surface area (Å²) in [6, 6.07) is 4.93. The lowest BCUT2D eigenvalue weighted by molar-refractivity contribution is -0.123. The molecule has 2 N–H and O–H groups in total. The molecule has 0 spiro atoms. The van der Waals surface area contributed by atoms with Crippen LogP contribution < -0.4 is 10.6 Å². The molecule has 1 saturated carbocycles. The van der Waals surface area contributed by atoms with Gasteiger partial charge >= 0.3 is 12.0 Å². The first-order valence-corrected chi connectivity index (χ1v) is 8.30. The van der Waals surface area contributed by atoms with Crippen LogP contribution >= 0.6 is 0 Å². The molecular weight excluding hydrogens is 308 g/mol. The summed E-state index contributed by atoms with van der Waals surface area (Å²) in [6.45, 7) is 3.26. The van der Waals surface area contributed by atoms with Crippen molar-refractivity contribution >= 4 is 17.9 Å². The Labute approximate surface area is 142 Å². The molecule has 1 fully saturated rings. The van der Waals surface area contributed by atoms with E-state index in [0.29, 0.717) is 5.56 Å². The van der Waals surface area contributed by atoms with Crippen LogP contribution in [-0.2, 0) is 9.53 Å². The van der Waals surface area contributed by atoms with E-state index in [1.54, 1.807) is 19.1 Å². The molecule has 0 aliphatic heterocycles. The fourth-order valence-electron chi connectivity index (χ4n) is 2.88. The number of imide groups is 1. The quantitative estimate of drug-likeness (QED) is 0.830. The maximum absolute atomic E-state index is 12.0. The minimum Gasteiger partial charge on any atom is -0.452 e. The minimum atomic E-state index is -0.638. The Morgan fingerprint density at radius 3 is 2.50 bits per heavy atom. The maximum atomic E-state index is 12.0. The highest BCUT2D eigenvalue weighted by Gasteiger charge is 2.18. The van der Waals surface area contributed by atoms with Crippen molar-refractivity contribution in [2.45, 2.75) is 52.0 Å². The van der Waals surface area contributed by atoms with Crippen LogP contribution in [0.4, 0.5) is 4.79 Å². The zero-order chi connectivity index (χ0) is 17.5. The number of esters is 1. The molecule has 0 aromatic heterocycles. The van der Waals surface area contributed by atoms with Crippen LogP contribution in [-0.4, -0.2) is 30.6 Å². The van der Waals surface area contributed by atoms with Crippen LogP contribution in [0.5, 0.6) is 0 Å². The average molecular weight is 332 g/mol. The fraction of sp³-hybridized carbons (Fsp3) is 0.500. The molecule has 0 radical (unpaired) electrons. The zero-order valence-electron chi connectivity index (χ0n) is 14.2. The standard InChI is InChI=1S/C18H24N2O4/c1-12-8-9-15(13(2)10-12)17(22)24-11-16(21)20-18(23)19-14-6-4-3-5-7-14/h8-10,14H,3-7,11H2,1-2H3,(H2,19,20,21,23). The third-order valence-corrected chi connectivity index (χ3v) is 4.13. The lowest BCUT2D eigenvalue weighted by atomic mass is 9.96. The molecule has 0 heterocycles. The third-order valence-electron chi connectivity index (χ3n) is 4.13. The first-order valence-electron chi connectivity index (χ1n) is 8.30. The second-order valence-electron chi connectivity index (χ2n) is 6.25. The summed E-state index contributed by atoms with van der Waals surface area (Å²) in [7, 11) is 0. The van der Waals surface area contributed by atoms with Gasteiger partial charge in [0.05, 0.1) is 5.56 Å². The van der Waals surface area contributed by atoms with Crippen molar-refractivity contribution in [3.8, 4) is 0 Å². The van der Waals surface area contributed by atoms with E-state index in [2.05, 4.69) is 10.6 Å². The molecule has 1 aromatic rings.